The Kier molecular flexibility index (Phi) is 8.85. The van der Waals surface area contributed by atoms with Gasteiger partial charge in [0.2, 0.25) is 0 Å². The first-order valence-corrected chi connectivity index (χ1v) is 9.75. The van der Waals surface area contributed by atoms with Crippen molar-refractivity contribution in [3.63, 3.8) is 0 Å². The van der Waals surface area contributed by atoms with Gasteiger partial charge in [-0.1, -0.05) is 6.42 Å². The molecule has 3 heterocycles. The molecule has 1 unspecified atom stereocenters. The molecule has 8 nitrogen and oxygen atoms in total. The van der Waals surface area contributed by atoms with Gasteiger partial charge in [-0.2, -0.15) is 13.2 Å². The van der Waals surface area contributed by atoms with Crippen LogP contribution in [0.15, 0.2) is 18.3 Å². The molecule has 1 aromatic rings. The Bertz CT molecular complexity index is 711. The lowest BCUT2D eigenvalue weighted by atomic mass is 10.1. The van der Waals surface area contributed by atoms with Gasteiger partial charge in [0.15, 0.2) is 0 Å². The molecular formula is C19H26F3N3O5. The Balaban J connectivity index is 0.000000396. The van der Waals surface area contributed by atoms with E-state index in [0.29, 0.717) is 0 Å². The van der Waals surface area contributed by atoms with Crippen molar-refractivity contribution in [2.75, 3.05) is 44.2 Å². The monoisotopic (exact) mass is 433 g/mol. The molecule has 0 aliphatic carbocycles. The zero-order chi connectivity index (χ0) is 22.1. The summed E-state index contributed by atoms with van der Waals surface area (Å²) in [4.78, 5) is 28.4. The van der Waals surface area contributed by atoms with Crippen molar-refractivity contribution >= 4 is 17.6 Å². The summed E-state index contributed by atoms with van der Waals surface area (Å²) in [6.45, 7) is 5.94. The number of pyridine rings is 1. The van der Waals surface area contributed by atoms with Gasteiger partial charge in [-0.15, -0.1) is 0 Å². The third-order valence-electron chi connectivity index (χ3n) is 4.93. The number of anilines is 1. The molecule has 0 saturated carbocycles. The fraction of sp³-hybridized carbons (Fsp3) is 0.632. The molecule has 1 aromatic heterocycles. The van der Waals surface area contributed by atoms with Crippen LogP contribution in [0.2, 0.25) is 0 Å². The number of nitrogens with zero attached hydrogens (tertiary/aromatic N) is 3. The lowest BCUT2D eigenvalue weighted by molar-refractivity contribution is -0.192. The van der Waals surface area contributed by atoms with Crippen molar-refractivity contribution in [1.29, 1.82) is 0 Å². The zero-order valence-corrected chi connectivity index (χ0v) is 16.5. The number of aliphatic carboxylic acids is 1. The predicted molar refractivity (Wildman–Crippen MR) is 102 cm³/mol. The molecule has 2 fully saturated rings. The minimum absolute atomic E-state index is 0.0944. The van der Waals surface area contributed by atoms with Crippen molar-refractivity contribution in [3.05, 3.63) is 24.0 Å². The van der Waals surface area contributed by atoms with Crippen LogP contribution in [-0.4, -0.2) is 83.6 Å². The van der Waals surface area contributed by atoms with Crippen LogP contribution in [0.4, 0.5) is 18.9 Å². The van der Waals surface area contributed by atoms with E-state index in [-0.39, 0.29) is 11.8 Å². The third-order valence-corrected chi connectivity index (χ3v) is 4.93. The predicted octanol–water partition coefficient (Wildman–Crippen LogP) is 2.49. The van der Waals surface area contributed by atoms with Crippen LogP contribution in [0.1, 0.15) is 36.2 Å². The number of halogens is 3. The molecule has 0 bridgehead atoms. The average Bonchev–Trinajstić information content (AvgIpc) is 3.18. The highest BCUT2D eigenvalue weighted by molar-refractivity contribution is 5.86. The number of likely N-dealkylation sites (tertiary alicyclic amines) is 1. The van der Waals surface area contributed by atoms with Crippen molar-refractivity contribution in [3.8, 4) is 0 Å². The Hall–Kier alpha value is -2.40. The number of ether oxygens (including phenoxy) is 1. The fourth-order valence-corrected chi connectivity index (χ4v) is 3.36. The van der Waals surface area contributed by atoms with E-state index in [4.69, 9.17) is 19.7 Å². The molecule has 1 atom stereocenters. The largest absolute Gasteiger partial charge is 0.490 e. The van der Waals surface area contributed by atoms with Gasteiger partial charge in [0.1, 0.15) is 5.69 Å². The smallest absolute Gasteiger partial charge is 0.477 e. The summed E-state index contributed by atoms with van der Waals surface area (Å²) >= 11 is 0. The first kappa shape index (κ1) is 23.9. The van der Waals surface area contributed by atoms with E-state index >= 15 is 0 Å². The van der Waals surface area contributed by atoms with E-state index in [2.05, 4.69) is 14.8 Å². The molecular weight excluding hydrogens is 407 g/mol. The Morgan fingerprint density at radius 3 is 2.43 bits per heavy atom. The number of alkyl halides is 3. The normalized spacial score (nSPS) is 19.8. The summed E-state index contributed by atoms with van der Waals surface area (Å²) in [5.74, 6) is -3.74. The van der Waals surface area contributed by atoms with E-state index in [1.165, 1.54) is 32.4 Å². The first-order valence-electron chi connectivity index (χ1n) is 9.75. The molecule has 0 spiro atoms. The Morgan fingerprint density at radius 1 is 1.17 bits per heavy atom. The van der Waals surface area contributed by atoms with Crippen LogP contribution in [0, 0.1) is 0 Å². The molecule has 30 heavy (non-hydrogen) atoms. The SMILES string of the molecule is O=C(O)C(F)(F)F.O=C(O)c1cc(N2CCC(OCCN3CCCCC3)C2)ccn1. The molecule has 0 amide bonds. The summed E-state index contributed by atoms with van der Waals surface area (Å²) in [7, 11) is 0. The zero-order valence-electron chi connectivity index (χ0n) is 16.5. The molecule has 3 rings (SSSR count). The minimum atomic E-state index is -5.08. The molecule has 2 N–H and O–H groups in total. The van der Waals surface area contributed by atoms with Gasteiger partial charge >= 0.3 is 18.1 Å². The van der Waals surface area contributed by atoms with Gasteiger partial charge in [0, 0.05) is 31.5 Å². The van der Waals surface area contributed by atoms with E-state index in [0.717, 1.165) is 38.3 Å². The topological polar surface area (TPSA) is 103 Å². The number of piperidine rings is 1. The molecule has 2 aliphatic rings. The number of carbonyl (C=O) groups is 2. The second kappa shape index (κ2) is 11.1. The van der Waals surface area contributed by atoms with Gasteiger partial charge in [0.25, 0.3) is 0 Å². The molecule has 11 heteroatoms. The summed E-state index contributed by atoms with van der Waals surface area (Å²) in [5, 5.41) is 16.2. The highest BCUT2D eigenvalue weighted by Gasteiger charge is 2.38. The summed E-state index contributed by atoms with van der Waals surface area (Å²) in [6.07, 6.45) is 1.69. The number of carboxylic acid groups (broad SMARTS) is 2. The van der Waals surface area contributed by atoms with Gasteiger partial charge < -0.3 is 24.7 Å². The van der Waals surface area contributed by atoms with Gasteiger partial charge in [-0.05, 0) is 44.5 Å². The minimum Gasteiger partial charge on any atom is -0.477 e. The maximum atomic E-state index is 11.0. The quantitative estimate of drug-likeness (QED) is 0.706. The average molecular weight is 433 g/mol. The van der Waals surface area contributed by atoms with Crippen LogP contribution in [0.25, 0.3) is 0 Å². The highest BCUT2D eigenvalue weighted by atomic mass is 19.4. The van der Waals surface area contributed by atoms with Crippen molar-refractivity contribution in [2.24, 2.45) is 0 Å². The van der Waals surface area contributed by atoms with Gasteiger partial charge in [-0.3, -0.25) is 0 Å². The number of hydrogen-bond acceptors (Lipinski definition) is 6. The van der Waals surface area contributed by atoms with E-state index in [1.54, 1.807) is 12.3 Å². The Morgan fingerprint density at radius 2 is 1.83 bits per heavy atom. The van der Waals surface area contributed by atoms with Crippen LogP contribution < -0.4 is 4.90 Å². The van der Waals surface area contributed by atoms with Gasteiger partial charge in [-0.25, -0.2) is 14.6 Å². The van der Waals surface area contributed by atoms with Crippen molar-refractivity contribution < 1.29 is 37.7 Å². The summed E-state index contributed by atoms with van der Waals surface area (Å²) in [6, 6.07) is 3.50. The molecule has 0 radical (unpaired) electrons. The van der Waals surface area contributed by atoms with Crippen molar-refractivity contribution in [2.45, 2.75) is 38.0 Å². The number of aromatic carboxylic acids is 1. The first-order chi connectivity index (χ1) is 14.2. The van der Waals surface area contributed by atoms with Gasteiger partial charge in [0.05, 0.1) is 12.7 Å². The van der Waals surface area contributed by atoms with Crippen LogP contribution in [-0.2, 0) is 9.53 Å². The summed E-state index contributed by atoms with van der Waals surface area (Å²) in [5.41, 5.74) is 1.01. The number of carboxylic acids is 2. The van der Waals surface area contributed by atoms with E-state index in [9.17, 15) is 18.0 Å². The number of hydrogen-bond donors (Lipinski definition) is 2. The molecule has 2 saturated heterocycles. The second-order valence-corrected chi connectivity index (χ2v) is 7.14. The second-order valence-electron chi connectivity index (χ2n) is 7.14. The van der Waals surface area contributed by atoms with Crippen LogP contribution in [0.3, 0.4) is 0 Å². The standard InChI is InChI=1S/C17H25N3O3.C2HF3O2/c21-17(22)16-12-14(4-6-18-16)20-9-5-15(13-20)23-11-10-19-7-2-1-3-8-19;3-2(4,5)1(6)7/h4,6,12,15H,1-3,5,7-11,13H2,(H,21,22);(H,6,7). The maximum absolute atomic E-state index is 11.0. The highest BCUT2D eigenvalue weighted by Crippen LogP contribution is 2.22. The molecule has 168 valence electrons. The molecule has 2 aliphatic heterocycles. The number of rotatable bonds is 6. The third kappa shape index (κ3) is 7.79. The van der Waals surface area contributed by atoms with E-state index < -0.39 is 18.1 Å². The van der Waals surface area contributed by atoms with E-state index in [1.807, 2.05) is 6.07 Å². The lowest BCUT2D eigenvalue weighted by Gasteiger charge is -2.26. The maximum Gasteiger partial charge on any atom is 0.490 e. The molecule has 0 aromatic carbocycles. The fourth-order valence-electron chi connectivity index (χ4n) is 3.36. The van der Waals surface area contributed by atoms with Crippen LogP contribution >= 0.6 is 0 Å². The Labute approximate surface area is 172 Å². The van der Waals surface area contributed by atoms with Crippen molar-refractivity contribution in [1.82, 2.24) is 9.88 Å². The van der Waals surface area contributed by atoms with Crippen LogP contribution in [0.5, 0.6) is 0 Å². The summed E-state index contributed by atoms with van der Waals surface area (Å²) < 4.78 is 37.8. The number of aromatic nitrogens is 1. The lowest BCUT2D eigenvalue weighted by Crippen LogP contribution is -2.34.